The second kappa shape index (κ2) is 7.23. The Balaban J connectivity index is 1.32. The Hall–Kier alpha value is -2.70. The highest BCUT2D eigenvalue weighted by Gasteiger charge is 2.74. The average Bonchev–Trinajstić information content (AvgIpc) is 3.54. The molecule has 3 heterocycles. The van der Waals surface area contributed by atoms with Gasteiger partial charge < -0.3 is 25.6 Å². The largest absolute Gasteiger partial charge is 0.388 e. The number of hydrogen-bond acceptors (Lipinski definition) is 7. The lowest BCUT2D eigenvalue weighted by atomic mass is 9.49. The second-order valence-corrected chi connectivity index (χ2v) is 12.5. The molecule has 1 aromatic carbocycles. The number of nitrogen functional groups attached to an aromatic ring is 1. The van der Waals surface area contributed by atoms with Gasteiger partial charge in [0.15, 0.2) is 5.82 Å². The lowest BCUT2D eigenvalue weighted by Gasteiger charge is -2.61. The van der Waals surface area contributed by atoms with Gasteiger partial charge in [-0.3, -0.25) is 5.10 Å². The van der Waals surface area contributed by atoms with Crippen LogP contribution in [0.15, 0.2) is 35.9 Å². The van der Waals surface area contributed by atoms with Crippen LogP contribution in [0.25, 0.3) is 16.5 Å². The average molecular weight is 502 g/mol. The van der Waals surface area contributed by atoms with E-state index in [2.05, 4.69) is 41.4 Å². The summed E-state index contributed by atoms with van der Waals surface area (Å²) in [5, 5.41) is 41.1. The second-order valence-electron chi connectivity index (χ2n) is 12.5. The minimum atomic E-state index is -1.03. The van der Waals surface area contributed by atoms with Crippen molar-refractivity contribution in [2.75, 3.05) is 19.8 Å². The zero-order valence-electron chi connectivity index (χ0n) is 21.7. The third kappa shape index (κ3) is 2.68. The first-order valence-corrected chi connectivity index (χ1v) is 13.4. The molecule has 194 valence electrons. The standard InChI is InChI=1S/C29H35N5O3/c1-26-8-9-27(15-30)13-19-23(35)24(36)21(34(2)3)14-28(19)10-11-29(27,37-28)22(26)7-6-18(26)16-4-5-17-20(12-16)32-33-25(17)31/h4-6,12-13,21-24,35-36H,7-11,14H2,1-3H3,(H3,31,32,33). The van der Waals surface area contributed by atoms with Gasteiger partial charge in [0.25, 0.3) is 0 Å². The number of allylic oxidation sites excluding steroid dienone is 2. The van der Waals surface area contributed by atoms with Crippen molar-refractivity contribution in [1.82, 2.24) is 15.1 Å². The lowest BCUT2D eigenvalue weighted by molar-refractivity contribution is -0.223. The number of aliphatic hydroxyl groups is 2. The molecule has 3 aliphatic carbocycles. The predicted molar refractivity (Wildman–Crippen MR) is 140 cm³/mol. The molecular weight excluding hydrogens is 466 g/mol. The van der Waals surface area contributed by atoms with Crippen molar-refractivity contribution in [3.8, 4) is 6.07 Å². The molecule has 2 spiro atoms. The van der Waals surface area contributed by atoms with Gasteiger partial charge in [0.1, 0.15) is 11.5 Å². The van der Waals surface area contributed by atoms with Gasteiger partial charge in [-0.05, 0) is 86.9 Å². The molecule has 1 saturated heterocycles. The summed E-state index contributed by atoms with van der Waals surface area (Å²) in [6, 6.07) is 8.79. The number of benzene rings is 1. The highest BCUT2D eigenvalue weighted by Crippen LogP contribution is 2.72. The zero-order valence-corrected chi connectivity index (χ0v) is 21.7. The number of hydrogen-bond donors (Lipinski definition) is 4. The number of aromatic nitrogens is 2. The molecule has 0 radical (unpaired) electrons. The number of H-pyrrole nitrogens is 1. The molecule has 2 bridgehead atoms. The monoisotopic (exact) mass is 501 g/mol. The van der Waals surface area contributed by atoms with Crippen LogP contribution in [0.3, 0.4) is 0 Å². The van der Waals surface area contributed by atoms with Gasteiger partial charge in [-0.15, -0.1) is 0 Å². The minimum Gasteiger partial charge on any atom is -0.388 e. The molecule has 2 aliphatic heterocycles. The van der Waals surface area contributed by atoms with Gasteiger partial charge in [0.05, 0.1) is 28.9 Å². The molecule has 37 heavy (non-hydrogen) atoms. The van der Waals surface area contributed by atoms with Gasteiger partial charge in [-0.1, -0.05) is 25.1 Å². The van der Waals surface area contributed by atoms with Crippen LogP contribution in [0.1, 0.15) is 51.0 Å². The van der Waals surface area contributed by atoms with Gasteiger partial charge in [0.2, 0.25) is 0 Å². The summed E-state index contributed by atoms with van der Waals surface area (Å²) < 4.78 is 7.26. The molecule has 5 N–H and O–H groups in total. The van der Waals surface area contributed by atoms with Crippen LogP contribution >= 0.6 is 0 Å². The molecule has 0 amide bonds. The fourth-order valence-electron chi connectivity index (χ4n) is 8.90. The van der Waals surface area contributed by atoms with Crippen LogP contribution in [-0.4, -0.2) is 68.9 Å². The zero-order chi connectivity index (χ0) is 26.0. The van der Waals surface area contributed by atoms with Crippen LogP contribution in [-0.2, 0) is 4.74 Å². The summed E-state index contributed by atoms with van der Waals surface area (Å²) in [7, 11) is 3.88. The first-order chi connectivity index (χ1) is 17.6. The van der Waals surface area contributed by atoms with Crippen LogP contribution in [0, 0.1) is 28.1 Å². The molecule has 8 nitrogen and oxygen atoms in total. The van der Waals surface area contributed by atoms with E-state index in [1.807, 2.05) is 31.1 Å². The number of nitrogens with two attached hydrogens (primary N) is 1. The Morgan fingerprint density at radius 2 is 2.03 bits per heavy atom. The maximum absolute atomic E-state index is 11.3. The molecule has 5 aliphatic rings. The number of rotatable bonds is 2. The maximum atomic E-state index is 11.3. The molecule has 3 fully saturated rings. The van der Waals surface area contributed by atoms with E-state index >= 15 is 0 Å². The molecule has 8 atom stereocenters. The van der Waals surface area contributed by atoms with Crippen molar-refractivity contribution >= 4 is 22.3 Å². The Morgan fingerprint density at radius 3 is 2.78 bits per heavy atom. The van der Waals surface area contributed by atoms with E-state index in [0.717, 1.165) is 47.7 Å². The van der Waals surface area contributed by atoms with E-state index in [-0.39, 0.29) is 17.4 Å². The number of anilines is 1. The molecule has 2 saturated carbocycles. The maximum Gasteiger partial charge on any atom is 0.153 e. The van der Waals surface area contributed by atoms with E-state index in [4.69, 9.17) is 10.5 Å². The quantitative estimate of drug-likeness (QED) is 0.465. The molecule has 2 aromatic rings. The predicted octanol–water partition coefficient (Wildman–Crippen LogP) is 3.14. The third-order valence-corrected chi connectivity index (χ3v) is 10.8. The molecule has 1 aromatic heterocycles. The molecular formula is C29H35N5O3. The first kappa shape index (κ1) is 23.4. The summed E-state index contributed by atoms with van der Waals surface area (Å²) in [5.41, 5.74) is 7.89. The first-order valence-electron chi connectivity index (χ1n) is 13.4. The van der Waals surface area contributed by atoms with Crippen molar-refractivity contribution in [3.63, 3.8) is 0 Å². The van der Waals surface area contributed by atoms with Crippen molar-refractivity contribution in [1.29, 1.82) is 5.26 Å². The Kier molecular flexibility index (Phi) is 4.58. The lowest BCUT2D eigenvalue weighted by Crippen LogP contribution is -2.66. The van der Waals surface area contributed by atoms with Gasteiger partial charge in [-0.25, -0.2) is 0 Å². The number of nitrogens with zero attached hydrogens (tertiary/aromatic N) is 3. The smallest absolute Gasteiger partial charge is 0.153 e. The van der Waals surface area contributed by atoms with E-state index < -0.39 is 28.8 Å². The van der Waals surface area contributed by atoms with Crippen LogP contribution < -0.4 is 5.73 Å². The Morgan fingerprint density at radius 1 is 1.22 bits per heavy atom. The third-order valence-electron chi connectivity index (χ3n) is 10.8. The van der Waals surface area contributed by atoms with Crippen LogP contribution in [0.2, 0.25) is 0 Å². The number of nitrogens with one attached hydrogen (secondary N) is 1. The van der Waals surface area contributed by atoms with Crippen molar-refractivity contribution < 1.29 is 14.9 Å². The van der Waals surface area contributed by atoms with Crippen molar-refractivity contribution in [2.45, 2.75) is 74.9 Å². The van der Waals surface area contributed by atoms with E-state index in [0.29, 0.717) is 18.7 Å². The molecule has 7 rings (SSSR count). The van der Waals surface area contributed by atoms with Crippen LogP contribution in [0.4, 0.5) is 5.82 Å². The van der Waals surface area contributed by atoms with E-state index in [1.54, 1.807) is 0 Å². The van der Waals surface area contributed by atoms with E-state index in [1.165, 1.54) is 5.57 Å². The van der Waals surface area contributed by atoms with Gasteiger partial charge in [-0.2, -0.15) is 10.4 Å². The summed E-state index contributed by atoms with van der Waals surface area (Å²) in [4.78, 5) is 1.98. The van der Waals surface area contributed by atoms with Crippen LogP contribution in [0.5, 0.6) is 0 Å². The minimum absolute atomic E-state index is 0.143. The number of nitriles is 1. The normalized spacial score (nSPS) is 44.1. The number of ether oxygens (including phenoxy) is 1. The topological polar surface area (TPSA) is 131 Å². The Bertz CT molecular complexity index is 1420. The fourth-order valence-corrected chi connectivity index (χ4v) is 8.90. The fraction of sp³-hybridized carbons (Fsp3) is 0.586. The highest BCUT2D eigenvalue weighted by molar-refractivity contribution is 5.91. The SMILES string of the molecule is CN(C)C1CC23CCC4(O2)C2CC=C(c5ccc6c(N)n[nH]c6c5)C2(C)CCC4(C#N)C=C3C(O)C1O. The number of aliphatic hydroxyl groups excluding tert-OH is 2. The van der Waals surface area contributed by atoms with Crippen molar-refractivity contribution in [2.24, 2.45) is 16.7 Å². The van der Waals surface area contributed by atoms with Gasteiger partial charge in [0, 0.05) is 17.3 Å². The summed E-state index contributed by atoms with van der Waals surface area (Å²) in [6.45, 7) is 2.34. The molecule has 8 heteroatoms. The summed E-state index contributed by atoms with van der Waals surface area (Å²) in [6.07, 6.45) is 6.98. The number of fused-ring (bicyclic) bond motifs is 2. The highest BCUT2D eigenvalue weighted by atomic mass is 16.5. The number of aromatic amines is 1. The number of likely N-dealkylation sites (N-methyl/N-ethyl adjacent to an activating group) is 1. The van der Waals surface area contributed by atoms with E-state index in [9.17, 15) is 15.5 Å². The van der Waals surface area contributed by atoms with Crippen molar-refractivity contribution in [3.05, 3.63) is 41.5 Å². The Labute approximate surface area is 216 Å². The molecule has 8 unspecified atom stereocenters. The summed E-state index contributed by atoms with van der Waals surface area (Å²) >= 11 is 0. The van der Waals surface area contributed by atoms with Gasteiger partial charge >= 0.3 is 0 Å². The summed E-state index contributed by atoms with van der Waals surface area (Å²) in [5.74, 6) is 0.650.